The van der Waals surface area contributed by atoms with E-state index in [1.54, 1.807) is 20.2 Å². The average Bonchev–Trinajstić information content (AvgIpc) is 2.81. The van der Waals surface area contributed by atoms with E-state index < -0.39 is 11.1 Å². The zero-order valence-corrected chi connectivity index (χ0v) is 19.8. The van der Waals surface area contributed by atoms with E-state index in [0.29, 0.717) is 48.6 Å². The molecule has 1 amide bonds. The summed E-state index contributed by atoms with van der Waals surface area (Å²) in [6.07, 6.45) is 0. The third-order valence-electron chi connectivity index (χ3n) is 6.22. The van der Waals surface area contributed by atoms with E-state index in [9.17, 15) is 14.4 Å². The molecule has 0 radical (unpaired) electrons. The smallest absolute Gasteiger partial charge is 0.316 e. The number of hydrogen-bond donors (Lipinski definition) is 1. The van der Waals surface area contributed by atoms with Crippen LogP contribution in [-0.4, -0.2) is 41.3 Å². The summed E-state index contributed by atoms with van der Waals surface area (Å²) in [6, 6.07) is 11.2. The van der Waals surface area contributed by atoms with Gasteiger partial charge in [0.1, 0.15) is 0 Å². The molecule has 1 saturated heterocycles. The molecule has 1 N–H and O–H groups in total. The van der Waals surface area contributed by atoms with Crippen molar-refractivity contribution in [3.8, 4) is 0 Å². The summed E-state index contributed by atoms with van der Waals surface area (Å²) in [5, 5.41) is 3.03. The molecule has 4 rings (SSSR count). The number of benzene rings is 2. The Labute approximate surface area is 192 Å². The molecule has 33 heavy (non-hydrogen) atoms. The zero-order valence-electron chi connectivity index (χ0n) is 19.8. The molecule has 0 aliphatic carbocycles. The standard InChI is InChI=1S/C25H30N4O4/c1-25(2,3)17-8-6-16(7-9-17)22(30)26-18-14-20-21(28(5)24(32)23(31)27(20)4)15-19(18)29-10-12-33-13-11-29/h6-9,14-15H,10-13H2,1-5H3,(H,26,30). The van der Waals surface area contributed by atoms with E-state index in [0.717, 1.165) is 11.3 Å². The van der Waals surface area contributed by atoms with Crippen LogP contribution in [0.4, 0.5) is 11.4 Å². The van der Waals surface area contributed by atoms with Gasteiger partial charge in [-0.15, -0.1) is 0 Å². The molecular formula is C25H30N4O4. The number of amides is 1. The summed E-state index contributed by atoms with van der Waals surface area (Å²) in [6.45, 7) is 8.86. The van der Waals surface area contributed by atoms with Gasteiger partial charge < -0.3 is 24.1 Å². The minimum atomic E-state index is -0.612. The fourth-order valence-electron chi connectivity index (χ4n) is 4.09. The molecular weight excluding hydrogens is 420 g/mol. The Morgan fingerprint density at radius 2 is 1.45 bits per heavy atom. The fourth-order valence-corrected chi connectivity index (χ4v) is 4.09. The lowest BCUT2D eigenvalue weighted by Crippen LogP contribution is -2.40. The molecule has 174 valence electrons. The van der Waals surface area contributed by atoms with Crippen LogP contribution in [-0.2, 0) is 24.2 Å². The van der Waals surface area contributed by atoms with Gasteiger partial charge in [0.05, 0.1) is 35.6 Å². The van der Waals surface area contributed by atoms with Crippen molar-refractivity contribution in [2.75, 3.05) is 36.5 Å². The Kier molecular flexibility index (Phi) is 5.88. The molecule has 0 saturated carbocycles. The maximum Gasteiger partial charge on any atom is 0.316 e. The number of fused-ring (bicyclic) bond motifs is 1. The minimum Gasteiger partial charge on any atom is -0.378 e. The van der Waals surface area contributed by atoms with Crippen molar-refractivity contribution in [2.45, 2.75) is 26.2 Å². The molecule has 0 spiro atoms. The van der Waals surface area contributed by atoms with E-state index in [-0.39, 0.29) is 11.3 Å². The van der Waals surface area contributed by atoms with E-state index >= 15 is 0 Å². The first-order valence-corrected chi connectivity index (χ1v) is 11.1. The summed E-state index contributed by atoms with van der Waals surface area (Å²) in [5.41, 5.74) is 3.06. The van der Waals surface area contributed by atoms with Crippen molar-refractivity contribution in [3.05, 3.63) is 68.2 Å². The molecule has 1 aliphatic heterocycles. The second-order valence-electron chi connectivity index (χ2n) is 9.47. The van der Waals surface area contributed by atoms with Crippen molar-refractivity contribution in [2.24, 2.45) is 14.1 Å². The van der Waals surface area contributed by atoms with Crippen molar-refractivity contribution >= 4 is 28.3 Å². The van der Waals surface area contributed by atoms with Crippen LogP contribution in [0.2, 0.25) is 0 Å². The lowest BCUT2D eigenvalue weighted by atomic mass is 9.87. The Morgan fingerprint density at radius 3 is 2.00 bits per heavy atom. The van der Waals surface area contributed by atoms with Crippen LogP contribution in [0.1, 0.15) is 36.7 Å². The van der Waals surface area contributed by atoms with Gasteiger partial charge in [-0.3, -0.25) is 14.4 Å². The number of morpholine rings is 1. The number of aromatic nitrogens is 2. The van der Waals surface area contributed by atoms with Gasteiger partial charge in [0.25, 0.3) is 5.91 Å². The molecule has 8 heteroatoms. The first-order valence-electron chi connectivity index (χ1n) is 11.1. The monoisotopic (exact) mass is 450 g/mol. The van der Waals surface area contributed by atoms with Gasteiger partial charge in [-0.1, -0.05) is 32.9 Å². The van der Waals surface area contributed by atoms with E-state index in [4.69, 9.17) is 4.74 Å². The number of aryl methyl sites for hydroxylation is 2. The van der Waals surface area contributed by atoms with Crippen LogP contribution < -0.4 is 21.3 Å². The van der Waals surface area contributed by atoms with Gasteiger partial charge in [-0.25, -0.2) is 0 Å². The van der Waals surface area contributed by atoms with Gasteiger partial charge >= 0.3 is 11.1 Å². The van der Waals surface area contributed by atoms with Gasteiger partial charge in [-0.2, -0.15) is 0 Å². The molecule has 1 aliphatic rings. The van der Waals surface area contributed by atoms with E-state index in [1.165, 1.54) is 9.13 Å². The lowest BCUT2D eigenvalue weighted by molar-refractivity contribution is 0.102. The quantitative estimate of drug-likeness (QED) is 0.620. The highest BCUT2D eigenvalue weighted by Gasteiger charge is 2.21. The van der Waals surface area contributed by atoms with Crippen LogP contribution in [0.15, 0.2) is 46.0 Å². The summed E-state index contributed by atoms with van der Waals surface area (Å²) in [7, 11) is 3.15. The number of nitrogens with one attached hydrogen (secondary N) is 1. The number of anilines is 2. The second kappa shape index (κ2) is 8.51. The van der Waals surface area contributed by atoms with Gasteiger partial charge in [0, 0.05) is 32.7 Å². The number of ether oxygens (including phenoxy) is 1. The molecule has 1 aromatic heterocycles. The van der Waals surface area contributed by atoms with Crippen molar-refractivity contribution < 1.29 is 9.53 Å². The largest absolute Gasteiger partial charge is 0.378 e. The predicted molar refractivity (Wildman–Crippen MR) is 131 cm³/mol. The molecule has 3 aromatic rings. The minimum absolute atomic E-state index is 0.00240. The van der Waals surface area contributed by atoms with Crippen molar-refractivity contribution in [1.82, 2.24) is 9.13 Å². The molecule has 1 fully saturated rings. The number of nitrogens with zero attached hydrogens (tertiary/aromatic N) is 3. The molecule has 0 bridgehead atoms. The highest BCUT2D eigenvalue weighted by molar-refractivity contribution is 6.07. The second-order valence-corrected chi connectivity index (χ2v) is 9.47. The first kappa shape index (κ1) is 22.8. The highest BCUT2D eigenvalue weighted by atomic mass is 16.5. The fraction of sp³-hybridized carbons (Fsp3) is 0.400. The normalized spacial score (nSPS) is 14.5. The molecule has 0 unspecified atom stereocenters. The Morgan fingerprint density at radius 1 is 0.909 bits per heavy atom. The summed E-state index contributed by atoms with van der Waals surface area (Å²) in [4.78, 5) is 40.0. The Hall–Kier alpha value is -3.39. The topological polar surface area (TPSA) is 85.6 Å². The van der Waals surface area contributed by atoms with Crippen LogP contribution in [0, 0.1) is 0 Å². The van der Waals surface area contributed by atoms with Crippen LogP contribution in [0.25, 0.3) is 11.0 Å². The molecule has 0 atom stereocenters. The predicted octanol–water partition coefficient (Wildman–Crippen LogP) is 2.62. The van der Waals surface area contributed by atoms with E-state index in [2.05, 4.69) is 31.0 Å². The number of carbonyl (C=O) groups excluding carboxylic acids is 1. The van der Waals surface area contributed by atoms with Crippen LogP contribution in [0.5, 0.6) is 0 Å². The van der Waals surface area contributed by atoms with Crippen molar-refractivity contribution in [1.29, 1.82) is 0 Å². The zero-order chi connectivity index (χ0) is 23.9. The lowest BCUT2D eigenvalue weighted by Gasteiger charge is -2.31. The summed E-state index contributed by atoms with van der Waals surface area (Å²) in [5.74, 6) is -0.237. The number of hydrogen-bond acceptors (Lipinski definition) is 5. The van der Waals surface area contributed by atoms with Gasteiger partial charge in [-0.05, 0) is 35.2 Å². The average molecular weight is 451 g/mol. The van der Waals surface area contributed by atoms with Crippen molar-refractivity contribution in [3.63, 3.8) is 0 Å². The summed E-state index contributed by atoms with van der Waals surface area (Å²) >= 11 is 0. The third-order valence-corrected chi connectivity index (χ3v) is 6.22. The number of carbonyl (C=O) groups is 1. The van der Waals surface area contributed by atoms with Crippen LogP contribution >= 0.6 is 0 Å². The Balaban J connectivity index is 1.80. The van der Waals surface area contributed by atoms with E-state index in [1.807, 2.05) is 30.3 Å². The SMILES string of the molecule is Cn1c(=O)c(=O)n(C)c2cc(N3CCOCC3)c(NC(=O)c3ccc(C(C)(C)C)cc3)cc21. The summed E-state index contributed by atoms with van der Waals surface area (Å²) < 4.78 is 8.17. The van der Waals surface area contributed by atoms with Gasteiger partial charge in [0.15, 0.2) is 0 Å². The highest BCUT2D eigenvalue weighted by Crippen LogP contribution is 2.32. The third kappa shape index (κ3) is 4.30. The maximum atomic E-state index is 13.1. The van der Waals surface area contributed by atoms with Crippen LogP contribution in [0.3, 0.4) is 0 Å². The van der Waals surface area contributed by atoms with Gasteiger partial charge in [0.2, 0.25) is 0 Å². The molecule has 2 aromatic carbocycles. The number of rotatable bonds is 3. The Bertz CT molecular complexity index is 1320. The first-order chi connectivity index (χ1) is 15.6. The molecule has 2 heterocycles. The maximum absolute atomic E-state index is 13.1. The molecule has 8 nitrogen and oxygen atoms in total.